The molecule has 0 atom stereocenters. The molecule has 20 heavy (non-hydrogen) atoms. The minimum absolute atomic E-state index is 0.0517. The first-order valence-electron chi connectivity index (χ1n) is 6.31. The van der Waals surface area contributed by atoms with Crippen molar-refractivity contribution in [1.29, 1.82) is 0 Å². The van der Waals surface area contributed by atoms with Crippen LogP contribution in [-0.2, 0) is 6.54 Å². The Morgan fingerprint density at radius 3 is 2.70 bits per heavy atom. The number of thiophene rings is 1. The predicted octanol–water partition coefficient (Wildman–Crippen LogP) is 5.13. The van der Waals surface area contributed by atoms with E-state index >= 15 is 0 Å². The number of carbonyl (C=O) groups excluding carboxylic acids is 1. The van der Waals surface area contributed by atoms with Gasteiger partial charge in [0.05, 0.1) is 10.9 Å². The van der Waals surface area contributed by atoms with Crippen molar-refractivity contribution in [3.8, 4) is 0 Å². The van der Waals surface area contributed by atoms with E-state index in [2.05, 4.69) is 15.9 Å². The highest BCUT2D eigenvalue weighted by atomic mass is 79.9. The molecule has 1 heterocycles. The molecule has 0 unspecified atom stereocenters. The van der Waals surface area contributed by atoms with E-state index in [0.29, 0.717) is 13.1 Å². The lowest BCUT2D eigenvalue weighted by Crippen LogP contribution is -2.30. The van der Waals surface area contributed by atoms with Gasteiger partial charge in [-0.3, -0.25) is 4.79 Å². The zero-order valence-corrected chi connectivity index (χ0v) is 14.5. The molecule has 1 aromatic heterocycles. The first-order valence-corrected chi connectivity index (χ1v) is 8.30. The van der Waals surface area contributed by atoms with Gasteiger partial charge in [-0.15, -0.1) is 11.3 Å². The molecule has 0 saturated carbocycles. The summed E-state index contributed by atoms with van der Waals surface area (Å²) in [4.78, 5) is 15.6. The van der Waals surface area contributed by atoms with E-state index in [4.69, 9.17) is 11.6 Å². The Bertz CT molecular complexity index is 626. The van der Waals surface area contributed by atoms with E-state index in [1.165, 1.54) is 11.3 Å². The van der Waals surface area contributed by atoms with Gasteiger partial charge in [-0.2, -0.15) is 0 Å². The summed E-state index contributed by atoms with van der Waals surface area (Å²) in [5, 5.41) is 0. The predicted molar refractivity (Wildman–Crippen MR) is 88.6 cm³/mol. The highest BCUT2D eigenvalue weighted by molar-refractivity contribution is 9.10. The molecule has 0 saturated heterocycles. The highest BCUT2D eigenvalue weighted by Gasteiger charge is 2.18. The van der Waals surface area contributed by atoms with Crippen LogP contribution in [0, 0.1) is 6.92 Å². The van der Waals surface area contributed by atoms with Crippen molar-refractivity contribution in [3.63, 3.8) is 0 Å². The van der Waals surface area contributed by atoms with Crippen LogP contribution >= 0.6 is 38.9 Å². The molecule has 1 amide bonds. The lowest BCUT2D eigenvalue weighted by Gasteiger charge is -2.21. The molecule has 0 fully saturated rings. The third-order valence-corrected chi connectivity index (χ3v) is 5.22. The number of nitrogens with zero attached hydrogens (tertiary/aromatic N) is 1. The minimum atomic E-state index is 0.0517. The number of amides is 1. The molecular weight excluding hydrogens is 358 g/mol. The SMILES string of the molecule is CCN(Cc1ccc(Cl)s1)C(=O)c1cccc(Br)c1C. The molecule has 2 nitrogen and oxygen atoms in total. The average Bonchev–Trinajstić information content (AvgIpc) is 2.84. The monoisotopic (exact) mass is 371 g/mol. The summed E-state index contributed by atoms with van der Waals surface area (Å²) in [5.74, 6) is 0.0517. The third kappa shape index (κ3) is 3.43. The first-order chi connectivity index (χ1) is 9.52. The highest BCUT2D eigenvalue weighted by Crippen LogP contribution is 2.25. The quantitative estimate of drug-likeness (QED) is 0.728. The number of benzene rings is 1. The summed E-state index contributed by atoms with van der Waals surface area (Å²) in [6, 6.07) is 9.54. The van der Waals surface area contributed by atoms with Crippen molar-refractivity contribution in [3.05, 3.63) is 55.1 Å². The molecule has 0 radical (unpaired) electrons. The lowest BCUT2D eigenvalue weighted by molar-refractivity contribution is 0.0753. The Labute approximate surface area is 136 Å². The Hall–Kier alpha value is -0.840. The molecule has 0 aliphatic rings. The molecule has 2 rings (SSSR count). The molecule has 1 aromatic carbocycles. The second-order valence-corrected chi connectivity index (χ2v) is 7.09. The average molecular weight is 373 g/mol. The van der Waals surface area contributed by atoms with Gasteiger partial charge in [0.2, 0.25) is 0 Å². The summed E-state index contributed by atoms with van der Waals surface area (Å²) in [6.07, 6.45) is 0. The normalized spacial score (nSPS) is 10.6. The van der Waals surface area contributed by atoms with Gasteiger partial charge in [-0.1, -0.05) is 33.6 Å². The van der Waals surface area contributed by atoms with Crippen LogP contribution in [0.3, 0.4) is 0 Å². The van der Waals surface area contributed by atoms with E-state index in [1.807, 2.05) is 49.1 Å². The van der Waals surface area contributed by atoms with Crippen molar-refractivity contribution >= 4 is 44.8 Å². The van der Waals surface area contributed by atoms with Crippen LogP contribution in [0.15, 0.2) is 34.8 Å². The maximum Gasteiger partial charge on any atom is 0.254 e. The molecule has 0 spiro atoms. The fourth-order valence-electron chi connectivity index (χ4n) is 1.96. The van der Waals surface area contributed by atoms with Crippen LogP contribution < -0.4 is 0 Å². The van der Waals surface area contributed by atoms with Gasteiger partial charge in [0.1, 0.15) is 0 Å². The minimum Gasteiger partial charge on any atom is -0.334 e. The molecule has 5 heteroatoms. The number of hydrogen-bond acceptors (Lipinski definition) is 2. The zero-order chi connectivity index (χ0) is 14.7. The van der Waals surface area contributed by atoms with E-state index < -0.39 is 0 Å². The van der Waals surface area contributed by atoms with Gasteiger partial charge in [0, 0.05) is 21.5 Å². The van der Waals surface area contributed by atoms with Gasteiger partial charge >= 0.3 is 0 Å². The fraction of sp³-hybridized carbons (Fsp3) is 0.267. The molecule has 0 aliphatic carbocycles. The first kappa shape index (κ1) is 15.5. The molecule has 0 bridgehead atoms. The van der Waals surface area contributed by atoms with Gasteiger partial charge < -0.3 is 4.90 Å². The summed E-state index contributed by atoms with van der Waals surface area (Å²) in [5.41, 5.74) is 1.71. The summed E-state index contributed by atoms with van der Waals surface area (Å²) in [7, 11) is 0. The third-order valence-electron chi connectivity index (χ3n) is 3.14. The van der Waals surface area contributed by atoms with Crippen LogP contribution in [0.2, 0.25) is 4.34 Å². The molecule has 2 aromatic rings. The number of carbonyl (C=O) groups is 1. The van der Waals surface area contributed by atoms with E-state index in [-0.39, 0.29) is 5.91 Å². The van der Waals surface area contributed by atoms with Crippen molar-refractivity contribution in [2.45, 2.75) is 20.4 Å². The van der Waals surface area contributed by atoms with Gasteiger partial charge in [0.15, 0.2) is 0 Å². The Balaban J connectivity index is 2.23. The smallest absolute Gasteiger partial charge is 0.254 e. The number of hydrogen-bond donors (Lipinski definition) is 0. The van der Waals surface area contributed by atoms with E-state index in [9.17, 15) is 4.79 Å². The molecule has 0 aliphatic heterocycles. The van der Waals surface area contributed by atoms with Crippen molar-refractivity contribution in [1.82, 2.24) is 4.90 Å². The van der Waals surface area contributed by atoms with Crippen molar-refractivity contribution in [2.24, 2.45) is 0 Å². The van der Waals surface area contributed by atoms with E-state index in [0.717, 1.165) is 24.8 Å². The van der Waals surface area contributed by atoms with Crippen LogP contribution in [-0.4, -0.2) is 17.4 Å². The standard InChI is InChI=1S/C15H15BrClNOS/c1-3-18(9-11-7-8-14(17)20-11)15(19)12-5-4-6-13(16)10(12)2/h4-8H,3,9H2,1-2H3. The largest absolute Gasteiger partial charge is 0.334 e. The summed E-state index contributed by atoms with van der Waals surface area (Å²) in [6.45, 7) is 5.20. The van der Waals surface area contributed by atoms with Gasteiger partial charge in [-0.05, 0) is 43.7 Å². The van der Waals surface area contributed by atoms with Crippen molar-refractivity contribution in [2.75, 3.05) is 6.54 Å². The second-order valence-electron chi connectivity index (χ2n) is 4.44. The lowest BCUT2D eigenvalue weighted by atomic mass is 10.1. The maximum atomic E-state index is 12.6. The van der Waals surface area contributed by atoms with Gasteiger partial charge in [0.25, 0.3) is 5.91 Å². The summed E-state index contributed by atoms with van der Waals surface area (Å²) < 4.78 is 1.71. The second kappa shape index (κ2) is 6.74. The van der Waals surface area contributed by atoms with Crippen LogP contribution in [0.25, 0.3) is 0 Å². The Morgan fingerprint density at radius 1 is 1.35 bits per heavy atom. The van der Waals surface area contributed by atoms with Crippen LogP contribution in [0.1, 0.15) is 27.7 Å². The molecule has 0 N–H and O–H groups in total. The molecular formula is C15H15BrClNOS. The Morgan fingerprint density at radius 2 is 2.10 bits per heavy atom. The van der Waals surface area contributed by atoms with Gasteiger partial charge in [-0.25, -0.2) is 0 Å². The van der Waals surface area contributed by atoms with Crippen LogP contribution in [0.5, 0.6) is 0 Å². The number of rotatable bonds is 4. The van der Waals surface area contributed by atoms with Crippen LogP contribution in [0.4, 0.5) is 0 Å². The zero-order valence-electron chi connectivity index (χ0n) is 11.3. The Kier molecular flexibility index (Phi) is 5.24. The topological polar surface area (TPSA) is 20.3 Å². The fourth-order valence-corrected chi connectivity index (χ4v) is 3.43. The van der Waals surface area contributed by atoms with E-state index in [1.54, 1.807) is 0 Å². The van der Waals surface area contributed by atoms with Crippen molar-refractivity contribution < 1.29 is 4.79 Å². The molecule has 106 valence electrons. The summed E-state index contributed by atoms with van der Waals surface area (Å²) >= 11 is 10.9. The maximum absolute atomic E-state index is 12.6. The number of halogens is 2.